The summed E-state index contributed by atoms with van der Waals surface area (Å²) in [5.41, 5.74) is 0.946. The van der Waals surface area contributed by atoms with Crippen LogP contribution >= 0.6 is 0 Å². The lowest BCUT2D eigenvalue weighted by molar-refractivity contribution is -0.0411. The van der Waals surface area contributed by atoms with Crippen molar-refractivity contribution in [3.8, 4) is 0 Å². The zero-order chi connectivity index (χ0) is 9.94. The van der Waals surface area contributed by atoms with Gasteiger partial charge in [0.1, 0.15) is 6.10 Å². The Morgan fingerprint density at radius 3 is 2.08 bits per heavy atom. The lowest BCUT2D eigenvalue weighted by Gasteiger charge is -2.31. The van der Waals surface area contributed by atoms with Gasteiger partial charge in [-0.2, -0.15) is 0 Å². The predicted octanol–water partition coefficient (Wildman–Crippen LogP) is 3.43. The van der Waals surface area contributed by atoms with Gasteiger partial charge in [-0.25, -0.2) is 5.11 Å². The van der Waals surface area contributed by atoms with Crippen LogP contribution in [-0.4, -0.2) is 6.10 Å². The number of rotatable bonds is 4. The van der Waals surface area contributed by atoms with Crippen molar-refractivity contribution in [2.75, 3.05) is 0 Å². The van der Waals surface area contributed by atoms with E-state index in [2.05, 4.69) is 6.58 Å². The van der Waals surface area contributed by atoms with Crippen molar-refractivity contribution in [2.45, 2.75) is 47.1 Å². The normalized spacial score (nSPS) is 14.9. The summed E-state index contributed by atoms with van der Waals surface area (Å²) in [6.07, 6.45) is 0.341. The highest BCUT2D eigenvalue weighted by Crippen LogP contribution is 2.32. The van der Waals surface area contributed by atoms with Crippen LogP contribution < -0.4 is 0 Å². The first-order valence-electron chi connectivity index (χ1n) is 4.57. The maximum absolute atomic E-state index is 11.7. The van der Waals surface area contributed by atoms with Gasteiger partial charge in [0.15, 0.2) is 0 Å². The molecule has 12 heavy (non-hydrogen) atoms. The molecular weight excluding hydrogens is 148 g/mol. The lowest BCUT2D eigenvalue weighted by atomic mass is 9.76. The quantitative estimate of drug-likeness (QED) is 0.575. The first-order chi connectivity index (χ1) is 5.27. The van der Waals surface area contributed by atoms with Crippen LogP contribution in [0.15, 0.2) is 12.2 Å². The average molecular weight is 169 g/mol. The van der Waals surface area contributed by atoms with E-state index in [-0.39, 0.29) is 11.3 Å². The fraction of sp³-hybridized carbons (Fsp3) is 0.818. The van der Waals surface area contributed by atoms with Gasteiger partial charge in [-0.3, -0.25) is 0 Å². The molecule has 0 aliphatic carbocycles. The topological polar surface area (TPSA) is 19.9 Å². The van der Waals surface area contributed by atoms with E-state index >= 15 is 0 Å². The van der Waals surface area contributed by atoms with E-state index in [0.717, 1.165) is 12.0 Å². The van der Waals surface area contributed by atoms with Gasteiger partial charge >= 0.3 is 0 Å². The third-order valence-corrected chi connectivity index (χ3v) is 2.13. The molecule has 1 nitrogen and oxygen atoms in total. The van der Waals surface area contributed by atoms with Crippen molar-refractivity contribution >= 4 is 0 Å². The molecule has 0 aromatic rings. The molecule has 1 unspecified atom stereocenters. The van der Waals surface area contributed by atoms with Gasteiger partial charge in [0.2, 0.25) is 0 Å². The Morgan fingerprint density at radius 1 is 1.42 bits per heavy atom. The Labute approximate surface area is 76.5 Å². The molecule has 0 aromatic heterocycles. The maximum atomic E-state index is 11.7. The Morgan fingerprint density at radius 2 is 1.83 bits per heavy atom. The highest BCUT2D eigenvalue weighted by molar-refractivity contribution is 4.96. The smallest absolute Gasteiger partial charge is 0.101 e. The maximum Gasteiger partial charge on any atom is 0.101 e. The Hall–Kier alpha value is -0.300. The van der Waals surface area contributed by atoms with Crippen molar-refractivity contribution in [1.82, 2.24) is 0 Å². The molecule has 0 aliphatic heterocycles. The molecule has 0 spiro atoms. The molecule has 0 bridgehead atoms. The summed E-state index contributed by atoms with van der Waals surface area (Å²) in [6, 6.07) is 0. The summed E-state index contributed by atoms with van der Waals surface area (Å²) in [4.78, 5) is 0. The molecule has 71 valence electrons. The SMILES string of the molecule is C=C(C)CC(C)(C)C([O])C(C)C. The Bertz CT molecular complexity index is 156. The van der Waals surface area contributed by atoms with Gasteiger partial charge in [-0.05, 0) is 24.7 Å². The third-order valence-electron chi connectivity index (χ3n) is 2.13. The second-order valence-electron chi connectivity index (χ2n) is 4.79. The fourth-order valence-electron chi connectivity index (χ4n) is 1.78. The van der Waals surface area contributed by atoms with E-state index in [1.807, 2.05) is 34.6 Å². The van der Waals surface area contributed by atoms with Gasteiger partial charge in [0, 0.05) is 0 Å². The first-order valence-corrected chi connectivity index (χ1v) is 4.57. The summed E-state index contributed by atoms with van der Waals surface area (Å²) in [6.45, 7) is 13.8. The standard InChI is InChI=1S/C11H21O/c1-8(2)7-11(5,6)10(12)9(3)4/h9-10H,1,7H2,2-6H3. The van der Waals surface area contributed by atoms with Crippen LogP contribution in [0.4, 0.5) is 0 Å². The molecule has 1 atom stereocenters. The van der Waals surface area contributed by atoms with Crippen LogP contribution in [-0.2, 0) is 5.11 Å². The molecule has 0 aromatic carbocycles. The van der Waals surface area contributed by atoms with Crippen LogP contribution in [0.2, 0.25) is 0 Å². The summed E-state index contributed by atoms with van der Waals surface area (Å²) in [7, 11) is 0. The molecule has 0 saturated heterocycles. The second-order valence-corrected chi connectivity index (χ2v) is 4.79. The average Bonchev–Trinajstić information content (AvgIpc) is 1.82. The molecule has 1 heteroatoms. The van der Waals surface area contributed by atoms with E-state index < -0.39 is 6.10 Å². The van der Waals surface area contributed by atoms with Crippen LogP contribution in [0, 0.1) is 11.3 Å². The van der Waals surface area contributed by atoms with E-state index in [1.165, 1.54) is 0 Å². The highest BCUT2D eigenvalue weighted by atomic mass is 16.3. The molecule has 0 fully saturated rings. The molecule has 0 rings (SSSR count). The number of hydrogen-bond acceptors (Lipinski definition) is 0. The molecule has 1 radical (unpaired) electrons. The van der Waals surface area contributed by atoms with Crippen LogP contribution in [0.3, 0.4) is 0 Å². The minimum absolute atomic E-state index is 0.153. The van der Waals surface area contributed by atoms with Crippen LogP contribution in [0.1, 0.15) is 41.0 Å². The van der Waals surface area contributed by atoms with E-state index in [9.17, 15) is 5.11 Å². The van der Waals surface area contributed by atoms with Gasteiger partial charge in [0.25, 0.3) is 0 Å². The van der Waals surface area contributed by atoms with Crippen molar-refractivity contribution < 1.29 is 5.11 Å². The van der Waals surface area contributed by atoms with E-state index in [1.54, 1.807) is 0 Å². The van der Waals surface area contributed by atoms with Gasteiger partial charge in [-0.1, -0.05) is 33.3 Å². The number of hydrogen-bond donors (Lipinski definition) is 0. The van der Waals surface area contributed by atoms with Crippen molar-refractivity contribution in [3.63, 3.8) is 0 Å². The van der Waals surface area contributed by atoms with Crippen LogP contribution in [0.25, 0.3) is 0 Å². The third kappa shape index (κ3) is 3.40. The Kier molecular flexibility index (Phi) is 3.98. The second kappa shape index (κ2) is 4.08. The first kappa shape index (κ1) is 11.7. The largest absolute Gasteiger partial charge is 0.232 e. The Balaban J connectivity index is 4.28. The van der Waals surface area contributed by atoms with E-state index in [0.29, 0.717) is 0 Å². The molecule has 0 aliphatic rings. The molecular formula is C11H21O. The molecule has 0 amide bonds. The monoisotopic (exact) mass is 169 g/mol. The van der Waals surface area contributed by atoms with Crippen molar-refractivity contribution in [1.29, 1.82) is 0 Å². The fourth-order valence-corrected chi connectivity index (χ4v) is 1.78. The highest BCUT2D eigenvalue weighted by Gasteiger charge is 2.31. The minimum Gasteiger partial charge on any atom is -0.232 e. The molecule has 0 heterocycles. The molecule has 0 N–H and O–H groups in total. The summed E-state index contributed by atoms with van der Waals surface area (Å²) in [5, 5.41) is 11.7. The summed E-state index contributed by atoms with van der Waals surface area (Å²) in [5.74, 6) is 0.208. The lowest BCUT2D eigenvalue weighted by Crippen LogP contribution is -2.32. The minimum atomic E-state index is -0.491. The van der Waals surface area contributed by atoms with Gasteiger partial charge < -0.3 is 0 Å². The van der Waals surface area contributed by atoms with Crippen LogP contribution in [0.5, 0.6) is 0 Å². The van der Waals surface area contributed by atoms with Gasteiger partial charge in [-0.15, -0.1) is 6.58 Å². The zero-order valence-corrected chi connectivity index (χ0v) is 8.98. The molecule has 0 saturated carbocycles. The van der Waals surface area contributed by atoms with Gasteiger partial charge in [0.05, 0.1) is 0 Å². The van der Waals surface area contributed by atoms with Crippen molar-refractivity contribution in [2.24, 2.45) is 11.3 Å². The number of allylic oxidation sites excluding steroid dienone is 1. The zero-order valence-electron chi connectivity index (χ0n) is 8.98. The predicted molar refractivity (Wildman–Crippen MR) is 52.5 cm³/mol. The van der Waals surface area contributed by atoms with Crippen molar-refractivity contribution in [3.05, 3.63) is 12.2 Å². The van der Waals surface area contributed by atoms with E-state index in [4.69, 9.17) is 0 Å². The summed E-state index contributed by atoms with van der Waals surface area (Å²) >= 11 is 0. The summed E-state index contributed by atoms with van der Waals surface area (Å²) < 4.78 is 0.